The second kappa shape index (κ2) is 6.07. The fourth-order valence-corrected chi connectivity index (χ4v) is 3.43. The van der Waals surface area contributed by atoms with Gasteiger partial charge >= 0.3 is 114 Å². The number of hydrogen-bond acceptors (Lipinski definition) is 0. The number of halogens is 1. The molecule has 0 saturated heterocycles. The quantitative estimate of drug-likeness (QED) is 0.758. The average Bonchev–Trinajstić information content (AvgIpc) is 2.33. The molecule has 0 heterocycles. The summed E-state index contributed by atoms with van der Waals surface area (Å²) in [5, 5.41) is 0.786. The standard InChI is InChI=1S/C15H13ClSe/c1-12(17-15-5-3-2-4-6-15)11-13-7-9-14(16)10-8-13/h2-11H,1H3/b12-11-. The maximum absolute atomic E-state index is 5.86. The molecule has 0 aliphatic heterocycles. The number of allylic oxidation sites excluding steroid dienone is 1. The third kappa shape index (κ3) is 4.05. The fraction of sp³-hybridized carbons (Fsp3) is 0.0667. The number of hydrogen-bond donors (Lipinski definition) is 0. The van der Waals surface area contributed by atoms with Crippen molar-refractivity contribution in [3.63, 3.8) is 0 Å². The van der Waals surface area contributed by atoms with Gasteiger partial charge in [-0.3, -0.25) is 0 Å². The molecule has 0 aliphatic rings. The van der Waals surface area contributed by atoms with Crippen LogP contribution in [0.15, 0.2) is 59.1 Å². The summed E-state index contributed by atoms with van der Waals surface area (Å²) in [6.07, 6.45) is 2.23. The van der Waals surface area contributed by atoms with Crippen molar-refractivity contribution < 1.29 is 0 Å². The molecule has 0 saturated carbocycles. The Hall–Kier alpha value is -1.01. The molecule has 0 aliphatic carbocycles. The van der Waals surface area contributed by atoms with Gasteiger partial charge in [-0.2, -0.15) is 0 Å². The zero-order valence-corrected chi connectivity index (χ0v) is 12.0. The Labute approximate surface area is 113 Å². The van der Waals surface area contributed by atoms with Crippen molar-refractivity contribution in [3.05, 3.63) is 69.7 Å². The van der Waals surface area contributed by atoms with Crippen LogP contribution in [0, 0.1) is 0 Å². The molecule has 0 N–H and O–H groups in total. The van der Waals surface area contributed by atoms with E-state index in [-0.39, 0.29) is 0 Å². The molecule has 2 aromatic rings. The zero-order chi connectivity index (χ0) is 12.1. The van der Waals surface area contributed by atoms with E-state index in [2.05, 4.69) is 43.3 Å². The van der Waals surface area contributed by atoms with E-state index in [1.807, 2.05) is 24.3 Å². The summed E-state index contributed by atoms with van der Waals surface area (Å²) in [5.41, 5.74) is 1.21. The SMILES string of the molecule is C/C(=C/c1ccc(Cl)cc1)[Se]c1ccccc1. The monoisotopic (exact) mass is 308 g/mol. The van der Waals surface area contributed by atoms with Gasteiger partial charge in [0.2, 0.25) is 0 Å². The molecule has 17 heavy (non-hydrogen) atoms. The Bertz CT molecular complexity index is 500. The molecule has 0 spiro atoms. The van der Waals surface area contributed by atoms with Gasteiger partial charge in [-0.1, -0.05) is 0 Å². The van der Waals surface area contributed by atoms with Gasteiger partial charge < -0.3 is 0 Å². The Morgan fingerprint density at radius 2 is 1.65 bits per heavy atom. The Morgan fingerprint density at radius 3 is 2.29 bits per heavy atom. The maximum atomic E-state index is 5.86. The van der Waals surface area contributed by atoms with E-state index >= 15 is 0 Å². The molecule has 0 bridgehead atoms. The van der Waals surface area contributed by atoms with Crippen LogP contribution >= 0.6 is 11.6 Å². The van der Waals surface area contributed by atoms with Gasteiger partial charge in [-0.15, -0.1) is 0 Å². The van der Waals surface area contributed by atoms with Crippen LogP contribution in [0.25, 0.3) is 6.08 Å². The van der Waals surface area contributed by atoms with Crippen LogP contribution in [0.2, 0.25) is 5.02 Å². The van der Waals surface area contributed by atoms with Gasteiger partial charge in [0.25, 0.3) is 0 Å². The van der Waals surface area contributed by atoms with Crippen LogP contribution in [0.4, 0.5) is 0 Å². The van der Waals surface area contributed by atoms with Crippen molar-refractivity contribution >= 4 is 37.1 Å². The first-order valence-corrected chi connectivity index (χ1v) is 7.50. The van der Waals surface area contributed by atoms with Crippen molar-refractivity contribution in [2.75, 3.05) is 0 Å². The molecule has 0 aromatic heterocycles. The van der Waals surface area contributed by atoms with Gasteiger partial charge in [0, 0.05) is 0 Å². The van der Waals surface area contributed by atoms with Gasteiger partial charge in [-0.05, 0) is 0 Å². The molecule has 0 unspecified atom stereocenters. The first-order valence-electron chi connectivity index (χ1n) is 5.41. The van der Waals surface area contributed by atoms with Crippen LogP contribution in [-0.2, 0) is 0 Å². The normalized spacial score (nSPS) is 11.5. The van der Waals surface area contributed by atoms with E-state index < -0.39 is 0 Å². The van der Waals surface area contributed by atoms with Gasteiger partial charge in [-0.25, -0.2) is 0 Å². The molecule has 0 nitrogen and oxygen atoms in total. The number of rotatable bonds is 3. The van der Waals surface area contributed by atoms with Gasteiger partial charge in [0.1, 0.15) is 0 Å². The van der Waals surface area contributed by atoms with Crippen molar-refractivity contribution in [2.24, 2.45) is 0 Å². The van der Waals surface area contributed by atoms with E-state index in [0.29, 0.717) is 15.0 Å². The Balaban J connectivity index is 2.09. The molecule has 86 valence electrons. The molecule has 0 fully saturated rings. The second-order valence-corrected chi connectivity index (χ2v) is 6.93. The average molecular weight is 308 g/mol. The predicted octanol–water partition coefficient (Wildman–Crippen LogP) is 3.73. The first kappa shape index (κ1) is 12.4. The second-order valence-electron chi connectivity index (χ2n) is 3.72. The minimum absolute atomic E-state index is 0.404. The summed E-state index contributed by atoms with van der Waals surface area (Å²) < 4.78 is 2.81. The molecule has 2 heteroatoms. The zero-order valence-electron chi connectivity index (χ0n) is 9.56. The van der Waals surface area contributed by atoms with Gasteiger partial charge in [0.15, 0.2) is 0 Å². The molecule has 0 radical (unpaired) electrons. The van der Waals surface area contributed by atoms with Crippen molar-refractivity contribution in [2.45, 2.75) is 6.92 Å². The van der Waals surface area contributed by atoms with E-state index in [4.69, 9.17) is 11.6 Å². The minimum atomic E-state index is 0.404. The van der Waals surface area contributed by atoms with Crippen LogP contribution in [-0.4, -0.2) is 15.0 Å². The van der Waals surface area contributed by atoms with Crippen LogP contribution in [0.1, 0.15) is 12.5 Å². The third-order valence-corrected chi connectivity index (χ3v) is 4.50. The van der Waals surface area contributed by atoms with E-state index in [1.165, 1.54) is 14.5 Å². The van der Waals surface area contributed by atoms with Crippen LogP contribution < -0.4 is 4.46 Å². The molecule has 2 aromatic carbocycles. The number of benzene rings is 2. The van der Waals surface area contributed by atoms with Crippen LogP contribution in [0.3, 0.4) is 0 Å². The summed E-state index contributed by atoms with van der Waals surface area (Å²) in [4.78, 5) is 0. The van der Waals surface area contributed by atoms with E-state index in [0.717, 1.165) is 5.02 Å². The molecular formula is C15H13ClSe. The van der Waals surface area contributed by atoms with E-state index in [1.54, 1.807) is 0 Å². The fourth-order valence-electron chi connectivity index (χ4n) is 1.50. The van der Waals surface area contributed by atoms with E-state index in [9.17, 15) is 0 Å². The molecule has 2 rings (SSSR count). The summed E-state index contributed by atoms with van der Waals surface area (Å²) >= 11 is 6.26. The first-order chi connectivity index (χ1) is 8.24. The summed E-state index contributed by atoms with van der Waals surface area (Å²) in [7, 11) is 0. The molecular weight excluding hydrogens is 295 g/mol. The van der Waals surface area contributed by atoms with Gasteiger partial charge in [0.05, 0.1) is 0 Å². The van der Waals surface area contributed by atoms with Crippen molar-refractivity contribution in [1.29, 1.82) is 0 Å². The summed E-state index contributed by atoms with van der Waals surface area (Å²) in [5.74, 6) is 0. The van der Waals surface area contributed by atoms with Crippen LogP contribution in [0.5, 0.6) is 0 Å². The van der Waals surface area contributed by atoms with Crippen molar-refractivity contribution in [3.8, 4) is 0 Å². The topological polar surface area (TPSA) is 0 Å². The van der Waals surface area contributed by atoms with Crippen molar-refractivity contribution in [1.82, 2.24) is 0 Å². The summed E-state index contributed by atoms with van der Waals surface area (Å²) in [6.45, 7) is 2.18. The molecule has 0 atom stereocenters. The Kier molecular flexibility index (Phi) is 4.44. The molecule has 0 amide bonds. The summed E-state index contributed by atoms with van der Waals surface area (Å²) in [6, 6.07) is 18.5. The third-order valence-electron chi connectivity index (χ3n) is 2.26. The predicted molar refractivity (Wildman–Crippen MR) is 76.9 cm³/mol. The Morgan fingerprint density at radius 1 is 1.00 bits per heavy atom.